The van der Waals surface area contributed by atoms with Gasteiger partial charge < -0.3 is 4.90 Å². The number of hydrogen-bond acceptors (Lipinski definition) is 1. The number of hydrogen-bond donors (Lipinski definition) is 0. The molecule has 0 atom stereocenters. The number of alkyl halides is 1. The first-order chi connectivity index (χ1) is 8.08. The molecule has 17 heavy (non-hydrogen) atoms. The molecule has 1 amide bonds. The summed E-state index contributed by atoms with van der Waals surface area (Å²) in [4.78, 5) is 14.3. The molecule has 1 heterocycles. The molecular weight excluding hydrogens is 285 g/mol. The maximum absolute atomic E-state index is 13.7. The van der Waals surface area contributed by atoms with E-state index in [0.29, 0.717) is 17.9 Å². The minimum atomic E-state index is -0.420. The minimum absolute atomic E-state index is 0.184. The van der Waals surface area contributed by atoms with Gasteiger partial charge in [-0.3, -0.25) is 4.79 Å². The molecule has 92 valence electrons. The van der Waals surface area contributed by atoms with Gasteiger partial charge in [-0.15, -0.1) is 0 Å². The van der Waals surface area contributed by atoms with Crippen LogP contribution in [0.2, 0.25) is 0 Å². The van der Waals surface area contributed by atoms with Gasteiger partial charge in [0.05, 0.1) is 5.56 Å². The number of rotatable bonds is 1. The number of piperidine rings is 1. The van der Waals surface area contributed by atoms with Crippen LogP contribution in [-0.4, -0.2) is 28.7 Å². The van der Waals surface area contributed by atoms with Crippen LogP contribution in [0.3, 0.4) is 0 Å². The highest BCUT2D eigenvalue weighted by molar-refractivity contribution is 9.09. The van der Waals surface area contributed by atoms with Gasteiger partial charge in [0.25, 0.3) is 5.91 Å². The lowest BCUT2D eigenvalue weighted by molar-refractivity contribution is 0.0723. The normalized spacial score (nSPS) is 17.2. The summed E-state index contributed by atoms with van der Waals surface area (Å²) in [6.07, 6.45) is 1.86. The summed E-state index contributed by atoms with van der Waals surface area (Å²) in [6, 6.07) is 4.76. The van der Waals surface area contributed by atoms with E-state index in [4.69, 9.17) is 0 Å². The Labute approximate surface area is 109 Å². The van der Waals surface area contributed by atoms with E-state index in [-0.39, 0.29) is 11.5 Å². The molecular formula is C13H15BrFNO. The Bertz CT molecular complexity index is 427. The lowest BCUT2D eigenvalue weighted by atomic mass is 10.1. The van der Waals surface area contributed by atoms with Crippen molar-refractivity contribution in [2.24, 2.45) is 0 Å². The molecule has 2 rings (SSSR count). The molecule has 4 heteroatoms. The summed E-state index contributed by atoms with van der Waals surface area (Å²) >= 11 is 3.53. The zero-order valence-electron chi connectivity index (χ0n) is 9.75. The quantitative estimate of drug-likeness (QED) is 0.730. The molecule has 1 aromatic rings. The smallest absolute Gasteiger partial charge is 0.256 e. The Morgan fingerprint density at radius 1 is 1.41 bits per heavy atom. The summed E-state index contributed by atoms with van der Waals surface area (Å²) in [5, 5.41) is 0. The van der Waals surface area contributed by atoms with E-state index in [1.807, 2.05) is 6.92 Å². The van der Waals surface area contributed by atoms with Gasteiger partial charge >= 0.3 is 0 Å². The minimum Gasteiger partial charge on any atom is -0.338 e. The van der Waals surface area contributed by atoms with Crippen LogP contribution in [0, 0.1) is 12.7 Å². The molecule has 0 N–H and O–H groups in total. The van der Waals surface area contributed by atoms with E-state index in [1.165, 1.54) is 6.07 Å². The molecule has 0 bridgehead atoms. The fourth-order valence-electron chi connectivity index (χ4n) is 2.01. The van der Waals surface area contributed by atoms with Crippen molar-refractivity contribution in [3.63, 3.8) is 0 Å². The molecule has 0 saturated carbocycles. The zero-order chi connectivity index (χ0) is 12.4. The predicted octanol–water partition coefficient (Wildman–Crippen LogP) is 3.13. The van der Waals surface area contributed by atoms with Gasteiger partial charge in [-0.25, -0.2) is 4.39 Å². The van der Waals surface area contributed by atoms with Crippen LogP contribution in [0.15, 0.2) is 18.2 Å². The standard InChI is InChI=1S/C13H15BrFNO/c1-9-2-3-11(12(15)8-9)13(17)16-6-4-10(14)5-7-16/h2-3,8,10H,4-7H2,1H3. The zero-order valence-corrected chi connectivity index (χ0v) is 11.3. The third-order valence-corrected chi connectivity index (χ3v) is 3.98. The molecule has 0 aliphatic carbocycles. The van der Waals surface area contributed by atoms with Gasteiger partial charge in [-0.05, 0) is 37.5 Å². The van der Waals surface area contributed by atoms with Crippen molar-refractivity contribution in [3.8, 4) is 0 Å². The maximum Gasteiger partial charge on any atom is 0.256 e. The van der Waals surface area contributed by atoms with Crippen LogP contribution in [0.1, 0.15) is 28.8 Å². The summed E-state index contributed by atoms with van der Waals surface area (Å²) in [5.74, 6) is -0.613. The van der Waals surface area contributed by atoms with Gasteiger partial charge in [-0.2, -0.15) is 0 Å². The van der Waals surface area contributed by atoms with E-state index in [1.54, 1.807) is 17.0 Å². The van der Waals surface area contributed by atoms with Crippen molar-refractivity contribution >= 4 is 21.8 Å². The molecule has 0 aromatic heterocycles. The molecule has 1 fully saturated rings. The van der Waals surface area contributed by atoms with Crippen molar-refractivity contribution in [1.82, 2.24) is 4.90 Å². The lowest BCUT2D eigenvalue weighted by Crippen LogP contribution is -2.39. The molecule has 0 unspecified atom stereocenters. The van der Waals surface area contributed by atoms with Crippen molar-refractivity contribution in [1.29, 1.82) is 0 Å². The summed E-state index contributed by atoms with van der Waals surface area (Å²) in [6.45, 7) is 3.21. The predicted molar refractivity (Wildman–Crippen MR) is 69.0 cm³/mol. The number of carbonyl (C=O) groups excluding carboxylic acids is 1. The third-order valence-electron chi connectivity index (χ3n) is 3.07. The second-order valence-corrected chi connectivity index (χ2v) is 5.75. The Kier molecular flexibility index (Phi) is 3.82. The highest BCUT2D eigenvalue weighted by Crippen LogP contribution is 2.20. The van der Waals surface area contributed by atoms with Crippen molar-refractivity contribution < 1.29 is 9.18 Å². The average molecular weight is 300 g/mol. The molecule has 0 radical (unpaired) electrons. The van der Waals surface area contributed by atoms with Crippen molar-refractivity contribution in [2.45, 2.75) is 24.6 Å². The van der Waals surface area contributed by atoms with Gasteiger partial charge in [-0.1, -0.05) is 22.0 Å². The number of aryl methyl sites for hydroxylation is 1. The fraction of sp³-hybridized carbons (Fsp3) is 0.462. The summed E-state index contributed by atoms with van der Waals surface area (Å²) < 4.78 is 13.7. The average Bonchev–Trinajstić information content (AvgIpc) is 2.29. The van der Waals surface area contributed by atoms with Crippen LogP contribution < -0.4 is 0 Å². The van der Waals surface area contributed by atoms with E-state index in [9.17, 15) is 9.18 Å². The topological polar surface area (TPSA) is 20.3 Å². The SMILES string of the molecule is Cc1ccc(C(=O)N2CCC(Br)CC2)c(F)c1. The monoisotopic (exact) mass is 299 g/mol. The lowest BCUT2D eigenvalue weighted by Gasteiger charge is -2.29. The molecule has 1 aliphatic rings. The Balaban J connectivity index is 2.14. The third kappa shape index (κ3) is 2.86. The van der Waals surface area contributed by atoms with Crippen LogP contribution in [0.5, 0.6) is 0 Å². The number of halogens is 2. The Morgan fingerprint density at radius 2 is 2.06 bits per heavy atom. The largest absolute Gasteiger partial charge is 0.338 e. The van der Waals surface area contributed by atoms with Crippen molar-refractivity contribution in [3.05, 3.63) is 35.1 Å². The van der Waals surface area contributed by atoms with Gasteiger partial charge in [0.15, 0.2) is 0 Å². The van der Waals surface area contributed by atoms with Crippen LogP contribution in [0.4, 0.5) is 4.39 Å². The first-order valence-corrected chi connectivity index (χ1v) is 6.69. The van der Waals surface area contributed by atoms with E-state index in [2.05, 4.69) is 15.9 Å². The van der Waals surface area contributed by atoms with E-state index in [0.717, 1.165) is 18.4 Å². The van der Waals surface area contributed by atoms with E-state index < -0.39 is 5.82 Å². The summed E-state index contributed by atoms with van der Waals surface area (Å²) in [5.41, 5.74) is 1.02. The van der Waals surface area contributed by atoms with Crippen LogP contribution >= 0.6 is 15.9 Å². The molecule has 1 aliphatic heterocycles. The molecule has 0 spiro atoms. The number of likely N-dealkylation sites (tertiary alicyclic amines) is 1. The Hall–Kier alpha value is -0.900. The first kappa shape index (κ1) is 12.6. The molecule has 1 saturated heterocycles. The summed E-state index contributed by atoms with van der Waals surface area (Å²) in [7, 11) is 0. The maximum atomic E-state index is 13.7. The molecule has 2 nitrogen and oxygen atoms in total. The van der Waals surface area contributed by atoms with Crippen molar-refractivity contribution in [2.75, 3.05) is 13.1 Å². The number of benzene rings is 1. The number of nitrogens with zero attached hydrogens (tertiary/aromatic N) is 1. The fourth-order valence-corrected chi connectivity index (χ4v) is 2.42. The van der Waals surface area contributed by atoms with Gasteiger partial charge in [0.1, 0.15) is 5.82 Å². The number of carbonyl (C=O) groups is 1. The second-order valence-electron chi connectivity index (χ2n) is 4.45. The highest BCUT2D eigenvalue weighted by atomic mass is 79.9. The first-order valence-electron chi connectivity index (χ1n) is 5.77. The Morgan fingerprint density at radius 3 is 2.65 bits per heavy atom. The number of amides is 1. The van der Waals surface area contributed by atoms with Crippen LogP contribution in [0.25, 0.3) is 0 Å². The van der Waals surface area contributed by atoms with Crippen LogP contribution in [-0.2, 0) is 0 Å². The van der Waals surface area contributed by atoms with Gasteiger partial charge in [0.2, 0.25) is 0 Å². The van der Waals surface area contributed by atoms with E-state index >= 15 is 0 Å². The molecule has 1 aromatic carbocycles. The van der Waals surface area contributed by atoms with Gasteiger partial charge in [0, 0.05) is 17.9 Å². The second kappa shape index (κ2) is 5.17. The highest BCUT2D eigenvalue weighted by Gasteiger charge is 2.23.